The van der Waals surface area contributed by atoms with Gasteiger partial charge in [-0.2, -0.15) is 0 Å². The molecule has 4 nitrogen and oxygen atoms in total. The van der Waals surface area contributed by atoms with E-state index in [4.69, 9.17) is 0 Å². The molecule has 2 aliphatic rings. The summed E-state index contributed by atoms with van der Waals surface area (Å²) in [6.07, 6.45) is 8.83. The molecule has 32 heavy (non-hydrogen) atoms. The molecule has 2 fully saturated rings. The van der Waals surface area contributed by atoms with Crippen LogP contribution in [0.2, 0.25) is 0 Å². The molecule has 2 atom stereocenters. The molecule has 2 N–H and O–H groups in total. The van der Waals surface area contributed by atoms with Crippen molar-refractivity contribution < 1.29 is 4.79 Å². The summed E-state index contributed by atoms with van der Waals surface area (Å²) in [5.41, 5.74) is 4.15. The normalized spacial score (nSPS) is 22.0. The van der Waals surface area contributed by atoms with E-state index in [1.54, 1.807) is 0 Å². The zero-order chi connectivity index (χ0) is 22.2. The third kappa shape index (κ3) is 6.59. The van der Waals surface area contributed by atoms with Crippen LogP contribution in [0.4, 0.5) is 4.79 Å². The van der Waals surface area contributed by atoms with Crippen molar-refractivity contribution in [2.45, 2.75) is 70.4 Å². The molecule has 0 bridgehead atoms. The van der Waals surface area contributed by atoms with Crippen LogP contribution in [0.25, 0.3) is 0 Å². The van der Waals surface area contributed by atoms with E-state index in [9.17, 15) is 4.79 Å². The largest absolute Gasteiger partial charge is 0.338 e. The Morgan fingerprint density at radius 1 is 0.938 bits per heavy atom. The van der Waals surface area contributed by atoms with Crippen LogP contribution in [0, 0.1) is 5.92 Å². The predicted molar refractivity (Wildman–Crippen MR) is 132 cm³/mol. The molecule has 0 radical (unpaired) electrons. The maximum absolute atomic E-state index is 12.3. The van der Waals surface area contributed by atoms with Crippen molar-refractivity contribution in [3.63, 3.8) is 0 Å². The second-order valence-electron chi connectivity index (χ2n) is 9.83. The first-order valence-electron chi connectivity index (χ1n) is 12.6. The van der Waals surface area contributed by atoms with Crippen molar-refractivity contribution in [3.05, 3.63) is 71.3 Å². The molecule has 2 aromatic rings. The lowest BCUT2D eigenvalue weighted by Crippen LogP contribution is -2.39. The van der Waals surface area contributed by atoms with E-state index < -0.39 is 0 Å². The van der Waals surface area contributed by atoms with Crippen LogP contribution in [0.15, 0.2) is 54.6 Å². The Hall–Kier alpha value is -2.33. The number of nitrogens with one attached hydrogen (secondary N) is 2. The lowest BCUT2D eigenvalue weighted by Gasteiger charge is -2.22. The highest BCUT2D eigenvalue weighted by molar-refractivity contribution is 5.73. The van der Waals surface area contributed by atoms with Crippen LogP contribution in [-0.2, 0) is 13.0 Å². The SMILES string of the molecule is CC1CC(CNC(=O)NCCc2ccc(C3CCCCC3)cc2)CN1Cc1ccccc1. The lowest BCUT2D eigenvalue weighted by molar-refractivity contribution is 0.237. The Labute approximate surface area is 193 Å². The molecule has 2 unspecified atom stereocenters. The van der Waals surface area contributed by atoms with Crippen molar-refractivity contribution in [3.8, 4) is 0 Å². The highest BCUT2D eigenvalue weighted by Crippen LogP contribution is 2.32. The fourth-order valence-electron chi connectivity index (χ4n) is 5.42. The summed E-state index contributed by atoms with van der Waals surface area (Å²) >= 11 is 0. The van der Waals surface area contributed by atoms with Crippen molar-refractivity contribution in [2.24, 2.45) is 5.92 Å². The molecule has 1 aliphatic carbocycles. The van der Waals surface area contributed by atoms with Crippen LogP contribution in [0.3, 0.4) is 0 Å². The zero-order valence-electron chi connectivity index (χ0n) is 19.6. The van der Waals surface area contributed by atoms with Gasteiger partial charge in [0.1, 0.15) is 0 Å². The highest BCUT2D eigenvalue weighted by Gasteiger charge is 2.29. The highest BCUT2D eigenvalue weighted by atomic mass is 16.2. The van der Waals surface area contributed by atoms with E-state index in [2.05, 4.69) is 77.1 Å². The van der Waals surface area contributed by atoms with E-state index >= 15 is 0 Å². The number of hydrogen-bond acceptors (Lipinski definition) is 2. The number of benzene rings is 2. The van der Waals surface area contributed by atoms with Gasteiger partial charge in [0.25, 0.3) is 0 Å². The molecular formula is C28H39N3O. The fraction of sp³-hybridized carbons (Fsp3) is 0.536. The first kappa shape index (κ1) is 22.8. The van der Waals surface area contributed by atoms with Crippen molar-refractivity contribution in [1.29, 1.82) is 0 Å². The van der Waals surface area contributed by atoms with Gasteiger partial charge in [-0.05, 0) is 61.1 Å². The minimum Gasteiger partial charge on any atom is -0.338 e. The van der Waals surface area contributed by atoms with Crippen LogP contribution in [0.1, 0.15) is 68.1 Å². The van der Waals surface area contributed by atoms with Crippen LogP contribution >= 0.6 is 0 Å². The van der Waals surface area contributed by atoms with Crippen molar-refractivity contribution >= 4 is 6.03 Å². The fourth-order valence-corrected chi connectivity index (χ4v) is 5.42. The molecule has 2 aromatic carbocycles. The predicted octanol–water partition coefficient (Wildman–Crippen LogP) is 5.49. The third-order valence-electron chi connectivity index (χ3n) is 7.33. The van der Waals surface area contributed by atoms with Gasteiger partial charge in [-0.25, -0.2) is 4.79 Å². The van der Waals surface area contributed by atoms with Gasteiger partial charge in [0.2, 0.25) is 0 Å². The van der Waals surface area contributed by atoms with E-state index in [0.29, 0.717) is 18.5 Å². The third-order valence-corrected chi connectivity index (χ3v) is 7.33. The van der Waals surface area contributed by atoms with Crippen LogP contribution in [0.5, 0.6) is 0 Å². The Bertz CT molecular complexity index is 830. The van der Waals surface area contributed by atoms with Gasteiger partial charge < -0.3 is 10.6 Å². The zero-order valence-corrected chi connectivity index (χ0v) is 19.6. The number of hydrogen-bond donors (Lipinski definition) is 2. The summed E-state index contributed by atoms with van der Waals surface area (Å²) in [5, 5.41) is 6.12. The van der Waals surface area contributed by atoms with Crippen molar-refractivity contribution in [1.82, 2.24) is 15.5 Å². The molecule has 1 aliphatic heterocycles. The molecule has 1 saturated carbocycles. The summed E-state index contributed by atoms with van der Waals surface area (Å²) in [7, 11) is 0. The monoisotopic (exact) mass is 433 g/mol. The van der Waals surface area contributed by atoms with E-state index in [0.717, 1.165) is 38.4 Å². The molecule has 1 heterocycles. The van der Waals surface area contributed by atoms with Gasteiger partial charge in [0.05, 0.1) is 0 Å². The Morgan fingerprint density at radius 3 is 2.44 bits per heavy atom. The minimum absolute atomic E-state index is 0.0435. The van der Waals surface area contributed by atoms with Gasteiger partial charge in [0, 0.05) is 32.2 Å². The molecule has 1 saturated heterocycles. The Morgan fingerprint density at radius 2 is 1.69 bits per heavy atom. The lowest BCUT2D eigenvalue weighted by atomic mass is 9.84. The average Bonchev–Trinajstić information content (AvgIpc) is 3.18. The van der Waals surface area contributed by atoms with E-state index in [-0.39, 0.29) is 6.03 Å². The summed E-state index contributed by atoms with van der Waals surface area (Å²) in [6.45, 7) is 5.75. The number of rotatable bonds is 8. The number of nitrogens with zero attached hydrogens (tertiary/aromatic N) is 1. The van der Waals surface area contributed by atoms with E-state index in [1.807, 2.05) is 0 Å². The minimum atomic E-state index is -0.0435. The summed E-state index contributed by atoms with van der Waals surface area (Å²) in [5.74, 6) is 1.27. The van der Waals surface area contributed by atoms with Crippen LogP contribution < -0.4 is 10.6 Å². The topological polar surface area (TPSA) is 44.4 Å². The average molecular weight is 434 g/mol. The Kier molecular flexibility index (Phi) is 8.22. The molecule has 4 heteroatoms. The van der Waals surface area contributed by atoms with Gasteiger partial charge in [-0.1, -0.05) is 73.9 Å². The first-order valence-corrected chi connectivity index (χ1v) is 12.6. The van der Waals surface area contributed by atoms with E-state index in [1.165, 1.54) is 48.8 Å². The number of likely N-dealkylation sites (tertiary alicyclic amines) is 1. The maximum atomic E-state index is 12.3. The van der Waals surface area contributed by atoms with Gasteiger partial charge in [0.15, 0.2) is 0 Å². The number of amides is 2. The molecule has 0 aromatic heterocycles. The van der Waals surface area contributed by atoms with Gasteiger partial charge >= 0.3 is 6.03 Å². The van der Waals surface area contributed by atoms with Crippen LogP contribution in [-0.4, -0.2) is 36.6 Å². The van der Waals surface area contributed by atoms with Gasteiger partial charge in [-0.15, -0.1) is 0 Å². The number of urea groups is 1. The second kappa shape index (κ2) is 11.5. The molecule has 172 valence electrons. The number of carbonyl (C=O) groups excluding carboxylic acids is 1. The summed E-state index contributed by atoms with van der Waals surface area (Å²) in [4.78, 5) is 14.8. The summed E-state index contributed by atoms with van der Waals surface area (Å²) < 4.78 is 0. The first-order chi connectivity index (χ1) is 15.7. The number of carbonyl (C=O) groups is 1. The smallest absolute Gasteiger partial charge is 0.314 e. The standard InChI is InChI=1S/C28H39N3O/c1-22-18-25(21-31(22)20-24-8-4-2-5-9-24)19-30-28(32)29-17-16-23-12-14-27(15-13-23)26-10-6-3-7-11-26/h2,4-5,8-9,12-15,22,25-26H,3,6-7,10-11,16-21H2,1H3,(H2,29,30,32). The molecular weight excluding hydrogens is 394 g/mol. The maximum Gasteiger partial charge on any atom is 0.314 e. The Balaban J connectivity index is 1.13. The second-order valence-corrected chi connectivity index (χ2v) is 9.83. The van der Waals surface area contributed by atoms with Crippen molar-refractivity contribution in [2.75, 3.05) is 19.6 Å². The molecule has 4 rings (SSSR count). The molecule has 2 amide bonds. The quantitative estimate of drug-likeness (QED) is 0.578. The molecule has 0 spiro atoms. The summed E-state index contributed by atoms with van der Waals surface area (Å²) in [6, 6.07) is 20.2. The van der Waals surface area contributed by atoms with Gasteiger partial charge in [-0.3, -0.25) is 4.90 Å².